The van der Waals surface area contributed by atoms with Gasteiger partial charge in [0.15, 0.2) is 0 Å². The summed E-state index contributed by atoms with van der Waals surface area (Å²) in [7, 11) is 0. The van der Waals surface area contributed by atoms with Crippen molar-refractivity contribution >= 4 is 6.09 Å². The van der Waals surface area contributed by atoms with E-state index >= 15 is 0 Å². The first-order valence-corrected chi connectivity index (χ1v) is 8.39. The summed E-state index contributed by atoms with van der Waals surface area (Å²) in [6, 6.07) is 0. The van der Waals surface area contributed by atoms with Crippen LogP contribution >= 0.6 is 0 Å². The highest BCUT2D eigenvalue weighted by Crippen LogP contribution is 2.59. The molecule has 1 saturated heterocycles. The quantitative estimate of drug-likeness (QED) is 0.933. The van der Waals surface area contributed by atoms with Crippen LogP contribution in [-0.4, -0.2) is 39.9 Å². The van der Waals surface area contributed by atoms with Crippen molar-refractivity contribution in [3.63, 3.8) is 0 Å². The molecule has 1 aliphatic heterocycles. The average molecular weight is 305 g/mol. The van der Waals surface area contributed by atoms with Crippen LogP contribution in [0.15, 0.2) is 0 Å². The van der Waals surface area contributed by atoms with E-state index in [9.17, 15) is 4.79 Å². The van der Waals surface area contributed by atoms with E-state index in [1.54, 1.807) is 0 Å². The van der Waals surface area contributed by atoms with Crippen LogP contribution in [0.2, 0.25) is 0 Å². The second kappa shape index (κ2) is 5.28. The van der Waals surface area contributed by atoms with Crippen molar-refractivity contribution in [1.82, 2.24) is 15.1 Å². The minimum Gasteiger partial charge on any atom is -0.444 e. The lowest BCUT2D eigenvalue weighted by atomic mass is 10.0. The smallest absolute Gasteiger partial charge is 0.410 e. The Bertz CT molecular complexity index is 539. The number of hydrogen-bond donors (Lipinski definition) is 1. The number of aromatic amines is 1. The van der Waals surface area contributed by atoms with E-state index in [1.165, 1.54) is 17.0 Å². The number of carbonyl (C=O) groups excluding carboxylic acids is 1. The van der Waals surface area contributed by atoms with Crippen molar-refractivity contribution in [2.75, 3.05) is 13.1 Å². The first kappa shape index (κ1) is 15.4. The zero-order chi connectivity index (χ0) is 16.1. The highest BCUT2D eigenvalue weighted by molar-refractivity contribution is 5.69. The van der Waals surface area contributed by atoms with Gasteiger partial charge < -0.3 is 9.64 Å². The molecule has 2 aliphatic rings. The van der Waals surface area contributed by atoms with Gasteiger partial charge in [-0.25, -0.2) is 4.79 Å². The molecule has 122 valence electrons. The molecule has 5 nitrogen and oxygen atoms in total. The van der Waals surface area contributed by atoms with Crippen LogP contribution < -0.4 is 0 Å². The summed E-state index contributed by atoms with van der Waals surface area (Å²) in [5, 5.41) is 7.66. The lowest BCUT2D eigenvalue weighted by Crippen LogP contribution is -2.36. The summed E-state index contributed by atoms with van der Waals surface area (Å²) in [4.78, 5) is 14.0. The largest absolute Gasteiger partial charge is 0.444 e. The summed E-state index contributed by atoms with van der Waals surface area (Å²) in [5.74, 6) is 1.75. The molecule has 2 unspecified atom stereocenters. The molecule has 2 fully saturated rings. The molecule has 0 spiro atoms. The number of aryl methyl sites for hydroxylation is 2. The van der Waals surface area contributed by atoms with E-state index in [0.717, 1.165) is 25.9 Å². The van der Waals surface area contributed by atoms with Crippen LogP contribution in [-0.2, 0) is 17.6 Å². The minimum absolute atomic E-state index is 0.169. The van der Waals surface area contributed by atoms with Crippen LogP contribution in [0.25, 0.3) is 0 Å². The van der Waals surface area contributed by atoms with Crippen molar-refractivity contribution < 1.29 is 9.53 Å². The molecule has 2 atom stereocenters. The molecular weight excluding hydrogens is 278 g/mol. The van der Waals surface area contributed by atoms with Crippen molar-refractivity contribution in [2.45, 2.75) is 59.0 Å². The van der Waals surface area contributed by atoms with Gasteiger partial charge >= 0.3 is 6.09 Å². The maximum absolute atomic E-state index is 12.2. The standard InChI is InChI=1S/C17H27N3O2/c1-6-12-15(13(7-2)19-18-12)14-10-8-20(9-11(10)14)16(21)22-17(3,4)5/h10-11,14H,6-9H2,1-5H3,(H,18,19). The van der Waals surface area contributed by atoms with Crippen molar-refractivity contribution in [1.29, 1.82) is 0 Å². The number of nitrogens with one attached hydrogen (secondary N) is 1. The Hall–Kier alpha value is -1.52. The summed E-state index contributed by atoms with van der Waals surface area (Å²) in [6.45, 7) is 11.7. The molecular formula is C17H27N3O2. The van der Waals surface area contributed by atoms with Gasteiger partial charge in [0.05, 0.1) is 5.69 Å². The number of hydrogen-bond acceptors (Lipinski definition) is 3. The molecule has 22 heavy (non-hydrogen) atoms. The SMILES string of the molecule is CCc1n[nH]c(CC)c1C1C2CN(C(=O)OC(C)(C)C)CC21. The Balaban J connectivity index is 1.66. The Morgan fingerprint density at radius 3 is 2.41 bits per heavy atom. The van der Waals surface area contributed by atoms with Crippen LogP contribution in [0.3, 0.4) is 0 Å². The summed E-state index contributed by atoms with van der Waals surface area (Å²) < 4.78 is 5.47. The van der Waals surface area contributed by atoms with E-state index < -0.39 is 5.60 Å². The van der Waals surface area contributed by atoms with Gasteiger partial charge in [-0.05, 0) is 51.4 Å². The summed E-state index contributed by atoms with van der Waals surface area (Å²) >= 11 is 0. The van der Waals surface area contributed by atoms with Crippen LogP contribution in [0.1, 0.15) is 57.5 Å². The average Bonchev–Trinajstić information content (AvgIpc) is 2.83. The predicted octanol–water partition coefficient (Wildman–Crippen LogP) is 3.11. The second-order valence-electron chi connectivity index (χ2n) is 7.51. The Kier molecular flexibility index (Phi) is 3.69. The Morgan fingerprint density at radius 2 is 1.91 bits per heavy atom. The third-order valence-corrected chi connectivity index (χ3v) is 4.83. The molecule has 1 aliphatic carbocycles. The number of amides is 1. The van der Waals surface area contributed by atoms with Crippen LogP contribution in [0.5, 0.6) is 0 Å². The Morgan fingerprint density at radius 1 is 1.27 bits per heavy atom. The highest BCUT2D eigenvalue weighted by atomic mass is 16.6. The number of piperidine rings is 1. The van der Waals surface area contributed by atoms with Crippen LogP contribution in [0, 0.1) is 11.8 Å². The fourth-order valence-corrected chi connectivity index (χ4v) is 3.79. The molecule has 1 saturated carbocycles. The molecule has 2 heterocycles. The van der Waals surface area contributed by atoms with E-state index in [0.29, 0.717) is 17.8 Å². The Labute approximate surface area is 132 Å². The van der Waals surface area contributed by atoms with Crippen molar-refractivity contribution in [3.8, 4) is 0 Å². The van der Waals surface area contributed by atoms with Gasteiger partial charge in [0.25, 0.3) is 0 Å². The fraction of sp³-hybridized carbons (Fsp3) is 0.765. The van der Waals surface area contributed by atoms with Gasteiger partial charge in [-0.2, -0.15) is 5.10 Å². The van der Waals surface area contributed by atoms with Gasteiger partial charge in [-0.3, -0.25) is 5.10 Å². The van der Waals surface area contributed by atoms with E-state index in [4.69, 9.17) is 4.74 Å². The third kappa shape index (κ3) is 2.61. The topological polar surface area (TPSA) is 58.2 Å². The molecule has 0 aromatic carbocycles. The second-order valence-corrected chi connectivity index (χ2v) is 7.51. The molecule has 1 aromatic heterocycles. The molecule has 3 rings (SSSR count). The lowest BCUT2D eigenvalue weighted by Gasteiger charge is -2.26. The van der Waals surface area contributed by atoms with E-state index in [-0.39, 0.29) is 6.09 Å². The molecule has 0 bridgehead atoms. The summed E-state index contributed by atoms with van der Waals surface area (Å²) in [5.41, 5.74) is 3.50. The number of rotatable bonds is 3. The van der Waals surface area contributed by atoms with Gasteiger partial charge in [-0.15, -0.1) is 0 Å². The first-order valence-electron chi connectivity index (χ1n) is 8.39. The molecule has 1 N–H and O–H groups in total. The fourth-order valence-electron chi connectivity index (χ4n) is 3.79. The van der Waals surface area contributed by atoms with Crippen LogP contribution in [0.4, 0.5) is 4.79 Å². The van der Waals surface area contributed by atoms with Crippen molar-refractivity contribution in [3.05, 3.63) is 17.0 Å². The van der Waals surface area contributed by atoms with Gasteiger partial charge in [-0.1, -0.05) is 13.8 Å². The highest BCUT2D eigenvalue weighted by Gasteiger charge is 2.59. The number of likely N-dealkylation sites (tertiary alicyclic amines) is 1. The first-order chi connectivity index (χ1) is 10.4. The number of fused-ring (bicyclic) bond motifs is 1. The molecule has 5 heteroatoms. The van der Waals surface area contributed by atoms with Gasteiger partial charge in [0, 0.05) is 24.3 Å². The monoisotopic (exact) mass is 305 g/mol. The van der Waals surface area contributed by atoms with E-state index in [2.05, 4.69) is 24.0 Å². The minimum atomic E-state index is -0.418. The number of carbonyl (C=O) groups is 1. The predicted molar refractivity (Wildman–Crippen MR) is 84.9 cm³/mol. The molecule has 1 amide bonds. The molecule has 1 aromatic rings. The normalized spacial score (nSPS) is 27.0. The van der Waals surface area contributed by atoms with E-state index in [1.807, 2.05) is 25.7 Å². The van der Waals surface area contributed by atoms with Gasteiger partial charge in [0.2, 0.25) is 0 Å². The number of H-pyrrole nitrogens is 1. The number of aromatic nitrogens is 2. The number of nitrogens with zero attached hydrogens (tertiary/aromatic N) is 2. The third-order valence-electron chi connectivity index (χ3n) is 4.83. The maximum Gasteiger partial charge on any atom is 0.410 e. The van der Waals surface area contributed by atoms with Gasteiger partial charge in [0.1, 0.15) is 5.60 Å². The lowest BCUT2D eigenvalue weighted by molar-refractivity contribution is 0.0271. The number of ether oxygens (including phenoxy) is 1. The zero-order valence-electron chi connectivity index (χ0n) is 14.3. The summed E-state index contributed by atoms with van der Waals surface area (Å²) in [6.07, 6.45) is 1.79. The van der Waals surface area contributed by atoms with Crippen molar-refractivity contribution in [2.24, 2.45) is 11.8 Å². The maximum atomic E-state index is 12.2. The molecule has 0 radical (unpaired) electrons. The zero-order valence-corrected chi connectivity index (χ0v) is 14.3.